The molecule has 1 aromatic carbocycles. The maximum atomic E-state index is 4.35. The fraction of sp³-hybridized carbons (Fsp3) is 0.526. The average Bonchev–Trinajstić information content (AvgIpc) is 2.55. The molecule has 112 valence electrons. The Kier molecular flexibility index (Phi) is 4.87. The third kappa shape index (κ3) is 3.26. The van der Waals surface area contributed by atoms with Crippen molar-refractivity contribution < 1.29 is 0 Å². The first-order valence-electron chi connectivity index (χ1n) is 8.43. The van der Waals surface area contributed by atoms with Crippen LogP contribution in [0.15, 0.2) is 36.7 Å². The van der Waals surface area contributed by atoms with Crippen LogP contribution in [0.2, 0.25) is 0 Å². The summed E-state index contributed by atoms with van der Waals surface area (Å²) in [5, 5.41) is 6.32. The molecule has 0 spiro atoms. The van der Waals surface area contributed by atoms with Crippen molar-refractivity contribution in [1.82, 2.24) is 10.3 Å². The highest BCUT2D eigenvalue weighted by Crippen LogP contribution is 2.40. The van der Waals surface area contributed by atoms with Crippen LogP contribution in [0.4, 0.5) is 0 Å². The van der Waals surface area contributed by atoms with Crippen LogP contribution in [0.1, 0.15) is 50.5 Å². The van der Waals surface area contributed by atoms with Crippen molar-refractivity contribution in [3.8, 4) is 0 Å². The molecule has 0 aliphatic heterocycles. The Balaban J connectivity index is 1.87. The fourth-order valence-electron chi connectivity index (χ4n) is 3.79. The largest absolute Gasteiger partial charge is 0.316 e. The molecule has 2 nitrogen and oxygen atoms in total. The predicted octanol–water partition coefficient (Wildman–Crippen LogP) is 4.51. The van der Waals surface area contributed by atoms with E-state index in [0.29, 0.717) is 5.92 Å². The Morgan fingerprint density at radius 3 is 3.00 bits per heavy atom. The van der Waals surface area contributed by atoms with E-state index in [1.807, 2.05) is 6.20 Å². The van der Waals surface area contributed by atoms with Crippen molar-refractivity contribution in [1.29, 1.82) is 0 Å². The minimum Gasteiger partial charge on any atom is -0.316 e. The van der Waals surface area contributed by atoms with Crippen LogP contribution < -0.4 is 5.32 Å². The van der Waals surface area contributed by atoms with Crippen LogP contribution in [-0.2, 0) is 0 Å². The lowest BCUT2D eigenvalue weighted by molar-refractivity contribution is 0.297. The molecule has 21 heavy (non-hydrogen) atoms. The summed E-state index contributed by atoms with van der Waals surface area (Å²) >= 11 is 0. The molecule has 1 aromatic heterocycles. The molecule has 1 aliphatic carbocycles. The number of aromatic nitrogens is 1. The van der Waals surface area contributed by atoms with Gasteiger partial charge in [-0.05, 0) is 61.2 Å². The monoisotopic (exact) mass is 282 g/mol. The van der Waals surface area contributed by atoms with Crippen LogP contribution in [0.3, 0.4) is 0 Å². The SMILES string of the molecule is CCCNCC1CCCCC1c1cccc2ccncc12. The highest BCUT2D eigenvalue weighted by atomic mass is 14.9. The molecule has 1 saturated carbocycles. The van der Waals surface area contributed by atoms with Crippen LogP contribution >= 0.6 is 0 Å². The van der Waals surface area contributed by atoms with Gasteiger partial charge in [0.1, 0.15) is 0 Å². The Bertz CT molecular complexity index is 573. The zero-order valence-corrected chi connectivity index (χ0v) is 13.0. The van der Waals surface area contributed by atoms with Crippen molar-refractivity contribution in [2.45, 2.75) is 44.9 Å². The lowest BCUT2D eigenvalue weighted by Gasteiger charge is -2.33. The second kappa shape index (κ2) is 7.04. The molecule has 3 rings (SSSR count). The molecule has 0 bridgehead atoms. The maximum Gasteiger partial charge on any atom is 0.0349 e. The molecule has 2 atom stereocenters. The number of hydrogen-bond acceptors (Lipinski definition) is 2. The molecule has 0 radical (unpaired) electrons. The van der Waals surface area contributed by atoms with Crippen molar-refractivity contribution in [2.75, 3.05) is 13.1 Å². The van der Waals surface area contributed by atoms with E-state index in [-0.39, 0.29) is 0 Å². The van der Waals surface area contributed by atoms with Crippen molar-refractivity contribution >= 4 is 10.8 Å². The number of nitrogens with one attached hydrogen (secondary N) is 1. The smallest absolute Gasteiger partial charge is 0.0349 e. The molecule has 1 fully saturated rings. The van der Waals surface area contributed by atoms with Crippen LogP contribution in [-0.4, -0.2) is 18.1 Å². The third-order valence-corrected chi connectivity index (χ3v) is 4.86. The Hall–Kier alpha value is -1.41. The average molecular weight is 282 g/mol. The zero-order valence-electron chi connectivity index (χ0n) is 13.0. The molecule has 1 heterocycles. The quantitative estimate of drug-likeness (QED) is 0.816. The minimum absolute atomic E-state index is 0.691. The van der Waals surface area contributed by atoms with Crippen molar-refractivity contribution in [3.05, 3.63) is 42.2 Å². The number of nitrogens with zero attached hydrogens (tertiary/aromatic N) is 1. The van der Waals surface area contributed by atoms with Gasteiger partial charge in [-0.15, -0.1) is 0 Å². The molecule has 2 aromatic rings. The number of fused-ring (bicyclic) bond motifs is 1. The summed E-state index contributed by atoms with van der Waals surface area (Å²) in [6.07, 6.45) is 10.6. The summed E-state index contributed by atoms with van der Waals surface area (Å²) in [7, 11) is 0. The molecule has 1 N–H and O–H groups in total. The molecule has 1 aliphatic rings. The first-order valence-corrected chi connectivity index (χ1v) is 8.43. The van der Waals surface area contributed by atoms with Crippen LogP contribution in [0.5, 0.6) is 0 Å². The Morgan fingerprint density at radius 2 is 2.10 bits per heavy atom. The van der Waals surface area contributed by atoms with Gasteiger partial charge in [0.25, 0.3) is 0 Å². The molecule has 0 amide bonds. The number of rotatable bonds is 5. The summed E-state index contributed by atoms with van der Waals surface area (Å²) in [5.41, 5.74) is 1.52. The minimum atomic E-state index is 0.691. The van der Waals surface area contributed by atoms with E-state index < -0.39 is 0 Å². The Morgan fingerprint density at radius 1 is 1.19 bits per heavy atom. The Labute approximate surface area is 128 Å². The van der Waals surface area contributed by atoms with E-state index in [4.69, 9.17) is 0 Å². The van der Waals surface area contributed by atoms with Gasteiger partial charge in [0, 0.05) is 17.8 Å². The first kappa shape index (κ1) is 14.5. The number of benzene rings is 1. The molecule has 2 unspecified atom stereocenters. The van der Waals surface area contributed by atoms with Crippen molar-refractivity contribution in [2.24, 2.45) is 5.92 Å². The van der Waals surface area contributed by atoms with Gasteiger partial charge >= 0.3 is 0 Å². The summed E-state index contributed by atoms with van der Waals surface area (Å²) in [5.74, 6) is 1.46. The highest BCUT2D eigenvalue weighted by Gasteiger charge is 2.27. The van der Waals surface area contributed by atoms with E-state index in [2.05, 4.69) is 47.7 Å². The van der Waals surface area contributed by atoms with Gasteiger partial charge in [-0.2, -0.15) is 0 Å². The highest BCUT2D eigenvalue weighted by molar-refractivity contribution is 5.85. The first-order chi connectivity index (χ1) is 10.4. The van der Waals surface area contributed by atoms with E-state index in [9.17, 15) is 0 Å². The number of hydrogen-bond donors (Lipinski definition) is 1. The second-order valence-electron chi connectivity index (χ2n) is 6.30. The molecular formula is C19H26N2. The zero-order chi connectivity index (χ0) is 14.5. The molecule has 2 heteroatoms. The summed E-state index contributed by atoms with van der Waals surface area (Å²) < 4.78 is 0. The summed E-state index contributed by atoms with van der Waals surface area (Å²) in [4.78, 5) is 4.35. The van der Waals surface area contributed by atoms with Gasteiger partial charge in [0.2, 0.25) is 0 Å². The van der Waals surface area contributed by atoms with E-state index in [1.54, 1.807) is 0 Å². The summed E-state index contributed by atoms with van der Waals surface area (Å²) in [6, 6.07) is 8.87. The maximum absolute atomic E-state index is 4.35. The van der Waals surface area contributed by atoms with Gasteiger partial charge in [0.15, 0.2) is 0 Å². The fourth-order valence-corrected chi connectivity index (χ4v) is 3.79. The summed E-state index contributed by atoms with van der Waals surface area (Å²) in [6.45, 7) is 4.54. The predicted molar refractivity (Wildman–Crippen MR) is 89.6 cm³/mol. The van der Waals surface area contributed by atoms with Gasteiger partial charge < -0.3 is 5.32 Å². The van der Waals surface area contributed by atoms with Gasteiger partial charge in [-0.1, -0.05) is 38.0 Å². The molecule has 0 saturated heterocycles. The third-order valence-electron chi connectivity index (χ3n) is 4.86. The second-order valence-corrected chi connectivity index (χ2v) is 6.30. The van der Waals surface area contributed by atoms with Gasteiger partial charge in [-0.25, -0.2) is 0 Å². The van der Waals surface area contributed by atoms with Crippen LogP contribution in [0.25, 0.3) is 10.8 Å². The van der Waals surface area contributed by atoms with Gasteiger partial charge in [-0.3, -0.25) is 4.98 Å². The lowest BCUT2D eigenvalue weighted by atomic mass is 9.74. The van der Waals surface area contributed by atoms with Crippen molar-refractivity contribution in [3.63, 3.8) is 0 Å². The van der Waals surface area contributed by atoms with E-state index in [0.717, 1.165) is 19.0 Å². The standard InChI is InChI=1S/C19H26N2/c1-2-11-20-13-16-6-3-4-8-17(16)18-9-5-7-15-10-12-21-14-19(15)18/h5,7,9-10,12,14,16-17,20H,2-4,6,8,11,13H2,1H3. The van der Waals surface area contributed by atoms with E-state index in [1.165, 1.54) is 48.4 Å². The molecular weight excluding hydrogens is 256 g/mol. The van der Waals surface area contributed by atoms with Crippen LogP contribution in [0, 0.1) is 5.92 Å². The number of pyridine rings is 1. The topological polar surface area (TPSA) is 24.9 Å². The normalized spacial score (nSPS) is 22.5. The lowest BCUT2D eigenvalue weighted by Crippen LogP contribution is -2.30. The van der Waals surface area contributed by atoms with E-state index >= 15 is 0 Å². The van der Waals surface area contributed by atoms with Gasteiger partial charge in [0.05, 0.1) is 0 Å².